The summed E-state index contributed by atoms with van der Waals surface area (Å²) in [5.41, 5.74) is 2.09. The minimum absolute atomic E-state index is 0.0929. The Morgan fingerprint density at radius 3 is 2.67 bits per heavy atom. The molecule has 21 heavy (non-hydrogen) atoms. The molecule has 108 valence electrons. The summed E-state index contributed by atoms with van der Waals surface area (Å²) in [6.45, 7) is 0.584. The first kappa shape index (κ1) is 14.3. The number of halogens is 1. The standard InChI is InChI=1S/C18H17BrO2/c19-15-7-9-16(10-8-15)21-12-11-14-6-5-13-3-1-2-4-17(13)18(14)20/h1-4,7-10,14H,5-6,11-12H2. The quantitative estimate of drug-likeness (QED) is 0.805. The molecule has 1 atom stereocenters. The molecular formula is C18H17BrO2. The van der Waals surface area contributed by atoms with Gasteiger partial charge in [0.1, 0.15) is 5.75 Å². The maximum Gasteiger partial charge on any atom is 0.166 e. The van der Waals surface area contributed by atoms with Crippen LogP contribution in [0.2, 0.25) is 0 Å². The van der Waals surface area contributed by atoms with Crippen molar-refractivity contribution in [3.63, 3.8) is 0 Å². The molecule has 1 aliphatic carbocycles. The van der Waals surface area contributed by atoms with E-state index in [9.17, 15) is 4.79 Å². The molecule has 0 saturated carbocycles. The molecular weight excluding hydrogens is 328 g/mol. The van der Waals surface area contributed by atoms with Gasteiger partial charge >= 0.3 is 0 Å². The summed E-state index contributed by atoms with van der Waals surface area (Å²) >= 11 is 3.40. The number of aryl methyl sites for hydroxylation is 1. The van der Waals surface area contributed by atoms with Gasteiger partial charge in [-0.05, 0) is 49.1 Å². The third kappa shape index (κ3) is 3.35. The Morgan fingerprint density at radius 2 is 1.86 bits per heavy atom. The van der Waals surface area contributed by atoms with Crippen LogP contribution in [0.25, 0.3) is 0 Å². The zero-order valence-electron chi connectivity index (χ0n) is 11.7. The van der Waals surface area contributed by atoms with Crippen LogP contribution in [0.3, 0.4) is 0 Å². The minimum Gasteiger partial charge on any atom is -0.494 e. The second-order valence-corrected chi connectivity index (χ2v) is 6.26. The van der Waals surface area contributed by atoms with Crippen LogP contribution >= 0.6 is 15.9 Å². The lowest BCUT2D eigenvalue weighted by atomic mass is 9.81. The predicted molar refractivity (Wildman–Crippen MR) is 86.8 cm³/mol. The van der Waals surface area contributed by atoms with Gasteiger partial charge in [0, 0.05) is 16.0 Å². The largest absolute Gasteiger partial charge is 0.494 e. The highest BCUT2D eigenvalue weighted by Crippen LogP contribution is 2.27. The number of ether oxygens (including phenoxy) is 1. The molecule has 0 amide bonds. The molecule has 0 N–H and O–H groups in total. The molecule has 3 heteroatoms. The molecule has 0 aromatic heterocycles. The smallest absolute Gasteiger partial charge is 0.166 e. The van der Waals surface area contributed by atoms with Crippen molar-refractivity contribution < 1.29 is 9.53 Å². The molecule has 0 spiro atoms. The van der Waals surface area contributed by atoms with Gasteiger partial charge in [0.05, 0.1) is 6.61 Å². The summed E-state index contributed by atoms with van der Waals surface area (Å²) < 4.78 is 6.76. The molecule has 0 radical (unpaired) electrons. The van der Waals surface area contributed by atoms with Gasteiger partial charge in [0.2, 0.25) is 0 Å². The Morgan fingerprint density at radius 1 is 1.10 bits per heavy atom. The highest BCUT2D eigenvalue weighted by molar-refractivity contribution is 9.10. The van der Waals surface area contributed by atoms with Crippen LogP contribution in [-0.2, 0) is 6.42 Å². The average Bonchev–Trinajstić information content (AvgIpc) is 2.52. The van der Waals surface area contributed by atoms with E-state index in [0.29, 0.717) is 6.61 Å². The molecule has 3 rings (SSSR count). The fourth-order valence-corrected chi connectivity index (χ4v) is 3.05. The summed E-state index contributed by atoms with van der Waals surface area (Å²) in [6.07, 6.45) is 2.70. The van der Waals surface area contributed by atoms with Crippen LogP contribution in [0.4, 0.5) is 0 Å². The van der Waals surface area contributed by atoms with Crippen LogP contribution in [0.1, 0.15) is 28.8 Å². The van der Waals surface area contributed by atoms with E-state index in [-0.39, 0.29) is 11.7 Å². The minimum atomic E-state index is 0.0929. The van der Waals surface area contributed by atoms with E-state index in [0.717, 1.165) is 35.0 Å². The van der Waals surface area contributed by atoms with Gasteiger partial charge in [-0.2, -0.15) is 0 Å². The Balaban J connectivity index is 1.57. The van der Waals surface area contributed by atoms with Crippen LogP contribution in [0.15, 0.2) is 53.0 Å². The van der Waals surface area contributed by atoms with E-state index in [2.05, 4.69) is 22.0 Å². The molecule has 2 aromatic rings. The molecule has 2 nitrogen and oxygen atoms in total. The molecule has 0 bridgehead atoms. The first-order valence-electron chi connectivity index (χ1n) is 7.24. The molecule has 0 fully saturated rings. The summed E-state index contributed by atoms with van der Waals surface area (Å²) in [6, 6.07) is 15.7. The van der Waals surface area contributed by atoms with Crippen molar-refractivity contribution in [2.24, 2.45) is 5.92 Å². The van der Waals surface area contributed by atoms with E-state index in [1.165, 1.54) is 5.56 Å². The molecule has 1 aliphatic rings. The van der Waals surface area contributed by atoms with Crippen LogP contribution in [-0.4, -0.2) is 12.4 Å². The van der Waals surface area contributed by atoms with Crippen molar-refractivity contribution in [1.29, 1.82) is 0 Å². The van der Waals surface area contributed by atoms with Gasteiger partial charge in [-0.15, -0.1) is 0 Å². The number of Topliss-reactive ketones (excluding diaryl/α,β-unsaturated/α-hetero) is 1. The van der Waals surface area contributed by atoms with Crippen molar-refractivity contribution >= 4 is 21.7 Å². The highest BCUT2D eigenvalue weighted by Gasteiger charge is 2.26. The number of fused-ring (bicyclic) bond motifs is 1. The number of hydrogen-bond acceptors (Lipinski definition) is 2. The van der Waals surface area contributed by atoms with Gasteiger partial charge < -0.3 is 4.74 Å². The van der Waals surface area contributed by atoms with Crippen molar-refractivity contribution in [2.75, 3.05) is 6.61 Å². The summed E-state index contributed by atoms with van der Waals surface area (Å²) in [7, 11) is 0. The summed E-state index contributed by atoms with van der Waals surface area (Å²) in [5, 5.41) is 0. The molecule has 1 unspecified atom stereocenters. The van der Waals surface area contributed by atoms with Gasteiger partial charge in [-0.25, -0.2) is 0 Å². The lowest BCUT2D eigenvalue weighted by Gasteiger charge is -2.23. The van der Waals surface area contributed by atoms with Crippen molar-refractivity contribution in [3.8, 4) is 5.75 Å². The maximum atomic E-state index is 12.4. The number of carbonyl (C=O) groups excluding carboxylic acids is 1. The molecule has 2 aromatic carbocycles. The fraction of sp³-hybridized carbons (Fsp3) is 0.278. The Bertz CT molecular complexity index is 634. The number of ketones is 1. The van der Waals surface area contributed by atoms with E-state index >= 15 is 0 Å². The fourth-order valence-electron chi connectivity index (χ4n) is 2.78. The number of hydrogen-bond donors (Lipinski definition) is 0. The second-order valence-electron chi connectivity index (χ2n) is 5.35. The molecule has 0 saturated heterocycles. The van der Waals surface area contributed by atoms with E-state index in [1.807, 2.05) is 42.5 Å². The van der Waals surface area contributed by atoms with E-state index in [4.69, 9.17) is 4.74 Å². The topological polar surface area (TPSA) is 26.3 Å². The second kappa shape index (κ2) is 6.44. The first-order valence-corrected chi connectivity index (χ1v) is 8.04. The van der Waals surface area contributed by atoms with Gasteiger partial charge in [-0.3, -0.25) is 4.79 Å². The number of rotatable bonds is 4. The first-order chi connectivity index (χ1) is 10.2. The Labute approximate surface area is 133 Å². The summed E-state index contributed by atoms with van der Waals surface area (Å²) in [5.74, 6) is 1.22. The van der Waals surface area contributed by atoms with E-state index in [1.54, 1.807) is 0 Å². The van der Waals surface area contributed by atoms with E-state index < -0.39 is 0 Å². The third-order valence-corrected chi connectivity index (χ3v) is 4.49. The number of carbonyl (C=O) groups is 1. The SMILES string of the molecule is O=C1c2ccccc2CCC1CCOc1ccc(Br)cc1. The zero-order valence-corrected chi connectivity index (χ0v) is 13.3. The van der Waals surface area contributed by atoms with Gasteiger partial charge in [-0.1, -0.05) is 40.2 Å². The monoisotopic (exact) mass is 344 g/mol. The maximum absolute atomic E-state index is 12.4. The van der Waals surface area contributed by atoms with Crippen molar-refractivity contribution in [1.82, 2.24) is 0 Å². The van der Waals surface area contributed by atoms with Crippen LogP contribution < -0.4 is 4.74 Å². The predicted octanol–water partition coefficient (Wildman–Crippen LogP) is 4.66. The average molecular weight is 345 g/mol. The Kier molecular flexibility index (Phi) is 4.39. The normalized spacial score (nSPS) is 17.4. The van der Waals surface area contributed by atoms with Crippen LogP contribution in [0.5, 0.6) is 5.75 Å². The third-order valence-electron chi connectivity index (χ3n) is 3.96. The van der Waals surface area contributed by atoms with Gasteiger partial charge in [0.15, 0.2) is 5.78 Å². The molecule has 0 heterocycles. The van der Waals surface area contributed by atoms with Gasteiger partial charge in [0.25, 0.3) is 0 Å². The van der Waals surface area contributed by atoms with Crippen molar-refractivity contribution in [3.05, 3.63) is 64.1 Å². The molecule has 0 aliphatic heterocycles. The van der Waals surface area contributed by atoms with Crippen LogP contribution in [0, 0.1) is 5.92 Å². The Hall–Kier alpha value is -1.61. The lowest BCUT2D eigenvalue weighted by molar-refractivity contribution is 0.0880. The van der Waals surface area contributed by atoms with Crippen molar-refractivity contribution in [2.45, 2.75) is 19.3 Å². The zero-order chi connectivity index (χ0) is 14.7. The summed E-state index contributed by atoms with van der Waals surface area (Å²) in [4.78, 5) is 12.4. The number of benzene rings is 2. The highest BCUT2D eigenvalue weighted by atomic mass is 79.9. The lowest BCUT2D eigenvalue weighted by Crippen LogP contribution is -2.24.